The number of allylic oxidation sites excluding steroid dienone is 8. The van der Waals surface area contributed by atoms with E-state index in [2.05, 4.69) is 6.92 Å². The molecule has 2 atom stereocenters. The van der Waals surface area contributed by atoms with Gasteiger partial charge in [-0.3, -0.25) is 4.79 Å². The Kier molecular flexibility index (Phi) is 16.2. The van der Waals surface area contributed by atoms with Crippen molar-refractivity contribution in [3.05, 3.63) is 72.9 Å². The van der Waals surface area contributed by atoms with Gasteiger partial charge in [-0.15, -0.1) is 0 Å². The van der Waals surface area contributed by atoms with E-state index in [0.29, 0.717) is 19.3 Å². The molecule has 26 heavy (non-hydrogen) atoms. The van der Waals surface area contributed by atoms with Crippen LogP contribution in [0.4, 0.5) is 0 Å². The van der Waals surface area contributed by atoms with Crippen LogP contribution < -0.4 is 0 Å². The molecule has 4 nitrogen and oxygen atoms in total. The summed E-state index contributed by atoms with van der Waals surface area (Å²) in [4.78, 5) is 10.3. The predicted molar refractivity (Wildman–Crippen MR) is 108 cm³/mol. The Labute approximate surface area is 157 Å². The SMILES string of the molecule is CC/C=C/CC(O)/C=C/C=C/C=C/C(O)C/C=C/C/C=C/CCC(=O)O. The highest BCUT2D eigenvalue weighted by Crippen LogP contribution is 2.00. The molecule has 0 radical (unpaired) electrons. The second-order valence-electron chi connectivity index (χ2n) is 5.75. The van der Waals surface area contributed by atoms with E-state index in [0.717, 1.165) is 12.8 Å². The number of aliphatic hydroxyl groups excluding tert-OH is 2. The molecule has 0 heterocycles. The van der Waals surface area contributed by atoms with Gasteiger partial charge >= 0.3 is 5.97 Å². The van der Waals surface area contributed by atoms with Crippen molar-refractivity contribution in [3.8, 4) is 0 Å². The summed E-state index contributed by atoms with van der Waals surface area (Å²) >= 11 is 0. The molecule has 0 spiro atoms. The molecular formula is C22H32O4. The molecule has 0 fully saturated rings. The van der Waals surface area contributed by atoms with E-state index >= 15 is 0 Å². The first-order chi connectivity index (χ1) is 12.6. The van der Waals surface area contributed by atoms with Crippen LogP contribution in [-0.2, 0) is 4.79 Å². The van der Waals surface area contributed by atoms with Crippen LogP contribution in [0.25, 0.3) is 0 Å². The summed E-state index contributed by atoms with van der Waals surface area (Å²) in [6.07, 6.45) is 24.8. The quantitative estimate of drug-likeness (QED) is 0.315. The molecule has 0 saturated carbocycles. The first-order valence-electron chi connectivity index (χ1n) is 9.10. The number of aliphatic hydroxyl groups is 2. The normalized spacial score (nSPS) is 15.5. The molecule has 0 aromatic rings. The predicted octanol–water partition coefficient (Wildman–Crippen LogP) is 4.49. The zero-order valence-electron chi connectivity index (χ0n) is 15.6. The zero-order chi connectivity index (χ0) is 19.5. The molecule has 4 heteroatoms. The van der Waals surface area contributed by atoms with Gasteiger partial charge in [-0.1, -0.05) is 79.8 Å². The number of carboxylic acids is 1. The molecule has 3 N–H and O–H groups in total. The largest absolute Gasteiger partial charge is 0.481 e. The van der Waals surface area contributed by atoms with Crippen LogP contribution in [0.3, 0.4) is 0 Å². The lowest BCUT2D eigenvalue weighted by molar-refractivity contribution is -0.136. The van der Waals surface area contributed by atoms with Gasteiger partial charge in [0.2, 0.25) is 0 Å². The molecular weight excluding hydrogens is 328 g/mol. The van der Waals surface area contributed by atoms with Gasteiger partial charge in [0.25, 0.3) is 0 Å². The summed E-state index contributed by atoms with van der Waals surface area (Å²) in [5.41, 5.74) is 0. The van der Waals surface area contributed by atoms with Crippen molar-refractivity contribution in [3.63, 3.8) is 0 Å². The van der Waals surface area contributed by atoms with E-state index in [1.807, 2.05) is 48.6 Å². The number of carbonyl (C=O) groups is 1. The van der Waals surface area contributed by atoms with Crippen LogP contribution in [0.2, 0.25) is 0 Å². The Bertz CT molecular complexity index is 524. The lowest BCUT2D eigenvalue weighted by Gasteiger charge is -1.99. The lowest BCUT2D eigenvalue weighted by Crippen LogP contribution is -1.98. The summed E-state index contributed by atoms with van der Waals surface area (Å²) < 4.78 is 0. The first kappa shape index (κ1) is 23.8. The third-order valence-corrected chi connectivity index (χ3v) is 3.29. The molecule has 0 rings (SSSR count). The van der Waals surface area contributed by atoms with Crippen molar-refractivity contribution in [2.45, 2.75) is 57.7 Å². The van der Waals surface area contributed by atoms with E-state index < -0.39 is 18.2 Å². The van der Waals surface area contributed by atoms with Crippen LogP contribution in [0.15, 0.2) is 72.9 Å². The van der Waals surface area contributed by atoms with Crippen LogP contribution in [0.1, 0.15) is 45.4 Å². The van der Waals surface area contributed by atoms with E-state index in [9.17, 15) is 15.0 Å². The Morgan fingerprint density at radius 3 is 1.88 bits per heavy atom. The van der Waals surface area contributed by atoms with Gasteiger partial charge in [-0.05, 0) is 32.1 Å². The molecule has 0 amide bonds. The van der Waals surface area contributed by atoms with Gasteiger partial charge in [0.1, 0.15) is 0 Å². The average molecular weight is 360 g/mol. The fourth-order valence-electron chi connectivity index (χ4n) is 1.90. The summed E-state index contributed by atoms with van der Waals surface area (Å²) in [6, 6.07) is 0. The smallest absolute Gasteiger partial charge is 0.303 e. The molecule has 0 aliphatic heterocycles. The van der Waals surface area contributed by atoms with Gasteiger partial charge in [-0.2, -0.15) is 0 Å². The second-order valence-corrected chi connectivity index (χ2v) is 5.75. The molecule has 0 bridgehead atoms. The Morgan fingerprint density at radius 1 is 0.808 bits per heavy atom. The Hall–Kier alpha value is -2.17. The van der Waals surface area contributed by atoms with E-state index in [1.54, 1.807) is 24.3 Å². The van der Waals surface area contributed by atoms with Crippen molar-refractivity contribution in [1.82, 2.24) is 0 Å². The van der Waals surface area contributed by atoms with Crippen LogP contribution in [-0.4, -0.2) is 33.5 Å². The molecule has 0 aliphatic carbocycles. The highest BCUT2D eigenvalue weighted by atomic mass is 16.4. The second kappa shape index (κ2) is 17.6. The fourth-order valence-corrected chi connectivity index (χ4v) is 1.90. The average Bonchev–Trinajstić information content (AvgIpc) is 2.60. The zero-order valence-corrected chi connectivity index (χ0v) is 15.6. The summed E-state index contributed by atoms with van der Waals surface area (Å²) in [5.74, 6) is -0.787. The molecule has 0 aromatic heterocycles. The maximum atomic E-state index is 10.3. The minimum absolute atomic E-state index is 0.154. The van der Waals surface area contributed by atoms with Crippen molar-refractivity contribution in [2.24, 2.45) is 0 Å². The maximum absolute atomic E-state index is 10.3. The van der Waals surface area contributed by atoms with Gasteiger partial charge in [0, 0.05) is 6.42 Å². The number of hydrogen-bond acceptors (Lipinski definition) is 3. The fraction of sp³-hybridized carbons (Fsp3) is 0.409. The van der Waals surface area contributed by atoms with Crippen molar-refractivity contribution < 1.29 is 20.1 Å². The topological polar surface area (TPSA) is 77.8 Å². The molecule has 0 aliphatic rings. The molecule has 0 saturated heterocycles. The van der Waals surface area contributed by atoms with Crippen molar-refractivity contribution >= 4 is 5.97 Å². The Balaban J connectivity index is 3.87. The number of rotatable bonds is 14. The summed E-state index contributed by atoms with van der Waals surface area (Å²) in [5, 5.41) is 28.0. The van der Waals surface area contributed by atoms with E-state index in [4.69, 9.17) is 5.11 Å². The minimum atomic E-state index is -0.787. The van der Waals surface area contributed by atoms with Crippen molar-refractivity contribution in [1.29, 1.82) is 0 Å². The van der Waals surface area contributed by atoms with E-state index in [-0.39, 0.29) is 6.42 Å². The van der Waals surface area contributed by atoms with Gasteiger partial charge in [0.15, 0.2) is 0 Å². The monoisotopic (exact) mass is 360 g/mol. The molecule has 0 aromatic carbocycles. The van der Waals surface area contributed by atoms with Crippen molar-refractivity contribution in [2.75, 3.05) is 0 Å². The third kappa shape index (κ3) is 18.2. The number of carboxylic acid groups (broad SMARTS) is 1. The lowest BCUT2D eigenvalue weighted by atomic mass is 10.2. The van der Waals surface area contributed by atoms with Crippen LogP contribution in [0, 0.1) is 0 Å². The summed E-state index contributed by atoms with van der Waals surface area (Å²) in [7, 11) is 0. The number of hydrogen-bond donors (Lipinski definition) is 3. The minimum Gasteiger partial charge on any atom is -0.481 e. The van der Waals surface area contributed by atoms with E-state index in [1.165, 1.54) is 0 Å². The number of aliphatic carboxylic acids is 1. The third-order valence-electron chi connectivity index (χ3n) is 3.29. The highest BCUT2D eigenvalue weighted by Gasteiger charge is 1.94. The van der Waals surface area contributed by atoms with Gasteiger partial charge in [-0.25, -0.2) is 0 Å². The standard InChI is InChI=1S/C22H32O4/c1-2-3-10-15-20(23)17-12-8-9-13-18-21(24)16-11-6-4-5-7-14-19-22(25)26/h3,5-13,17-18,20-21,23-24H,2,4,14-16,19H2,1H3,(H,25,26)/b7-5+,9-8+,10-3+,11-6+,17-12+,18-13+. The molecule has 144 valence electrons. The van der Waals surface area contributed by atoms with Crippen LogP contribution >= 0.6 is 0 Å². The van der Waals surface area contributed by atoms with Gasteiger partial charge in [0.05, 0.1) is 12.2 Å². The Morgan fingerprint density at radius 2 is 1.35 bits per heavy atom. The van der Waals surface area contributed by atoms with Crippen LogP contribution in [0.5, 0.6) is 0 Å². The first-order valence-corrected chi connectivity index (χ1v) is 9.10. The highest BCUT2D eigenvalue weighted by molar-refractivity contribution is 5.66. The molecule has 2 unspecified atom stereocenters. The summed E-state index contributed by atoms with van der Waals surface area (Å²) in [6.45, 7) is 2.06. The maximum Gasteiger partial charge on any atom is 0.303 e. The van der Waals surface area contributed by atoms with Gasteiger partial charge < -0.3 is 15.3 Å².